The number of benzene rings is 2. The summed E-state index contributed by atoms with van der Waals surface area (Å²) in [6.45, 7) is 3.43. The van der Waals surface area contributed by atoms with Crippen molar-refractivity contribution in [2.45, 2.75) is 51.7 Å². The predicted octanol–water partition coefficient (Wildman–Crippen LogP) is 2.08. The van der Waals surface area contributed by atoms with E-state index in [1.54, 1.807) is 38.2 Å². The molecule has 1 fully saturated rings. The first-order valence-electron chi connectivity index (χ1n) is 16.8. The van der Waals surface area contributed by atoms with Crippen LogP contribution in [0.5, 0.6) is 17.2 Å². The molecule has 0 bridgehead atoms. The summed E-state index contributed by atoms with van der Waals surface area (Å²) in [5.74, 6) is -0.223. The minimum atomic E-state index is -1.13. The molecule has 3 aliphatic rings. The molecule has 0 saturated heterocycles. The lowest BCUT2D eigenvalue weighted by molar-refractivity contribution is -0.139. The smallest absolute Gasteiger partial charge is 0.347 e. The minimum absolute atomic E-state index is 0.00610. The number of ether oxygens (including phenoxy) is 3. The number of hydrogen-bond acceptors (Lipinski definition) is 10. The zero-order chi connectivity index (χ0) is 36.4. The Morgan fingerprint density at radius 1 is 1.00 bits per heavy atom. The van der Waals surface area contributed by atoms with E-state index < -0.39 is 34.7 Å². The van der Waals surface area contributed by atoms with Crippen LogP contribution < -0.4 is 31.1 Å². The summed E-state index contributed by atoms with van der Waals surface area (Å²) in [5, 5.41) is 9.18. The number of aliphatic hydroxyl groups is 1. The van der Waals surface area contributed by atoms with Crippen LogP contribution in [-0.2, 0) is 36.1 Å². The second-order valence-corrected chi connectivity index (χ2v) is 13.4. The molecule has 51 heavy (non-hydrogen) atoms. The molecule has 4 aromatic rings. The molecule has 3 heterocycles. The Hall–Kier alpha value is -5.50. The Labute approximate surface area is 291 Å². The Morgan fingerprint density at radius 3 is 2.39 bits per heavy atom. The van der Waals surface area contributed by atoms with Gasteiger partial charge in [-0.2, -0.15) is 0 Å². The number of rotatable bonds is 9. The molecule has 7 rings (SSSR count). The van der Waals surface area contributed by atoms with Gasteiger partial charge in [-0.15, -0.1) is 0 Å². The summed E-state index contributed by atoms with van der Waals surface area (Å²) in [4.78, 5) is 73.6. The highest BCUT2D eigenvalue weighted by molar-refractivity contribution is 6.13. The number of carbonyl (C=O) groups excluding carboxylic acids is 2. The number of methoxy groups -OCH3 is 2. The normalized spacial score (nSPS) is 22.5. The number of hydrogen-bond donors (Lipinski definition) is 1. The van der Waals surface area contributed by atoms with E-state index in [0.717, 1.165) is 15.7 Å². The lowest BCUT2D eigenvalue weighted by atomic mass is 9.51. The number of aromatic nitrogens is 5. The maximum Gasteiger partial charge on any atom is 0.347 e. The number of aryl methyl sites for hydroxylation is 2. The van der Waals surface area contributed by atoms with Gasteiger partial charge in [0.15, 0.2) is 23.1 Å². The van der Waals surface area contributed by atoms with Gasteiger partial charge in [-0.1, -0.05) is 25.1 Å². The van der Waals surface area contributed by atoms with Crippen LogP contribution >= 0.6 is 0 Å². The molecule has 14 heteroatoms. The van der Waals surface area contributed by atoms with E-state index >= 15 is 0 Å². The van der Waals surface area contributed by atoms with Gasteiger partial charge in [0.1, 0.15) is 18.1 Å². The van der Waals surface area contributed by atoms with Gasteiger partial charge in [0.25, 0.3) is 5.56 Å². The summed E-state index contributed by atoms with van der Waals surface area (Å²) in [6.07, 6.45) is 3.45. The first-order valence-corrected chi connectivity index (χ1v) is 16.8. The van der Waals surface area contributed by atoms with Crippen LogP contribution in [0.3, 0.4) is 0 Å². The number of aliphatic hydroxyl groups excluding tert-OH is 1. The van der Waals surface area contributed by atoms with Crippen molar-refractivity contribution < 1.29 is 28.9 Å². The largest absolute Gasteiger partial charge is 0.493 e. The second-order valence-electron chi connectivity index (χ2n) is 13.4. The average Bonchev–Trinajstić information content (AvgIpc) is 3.38. The van der Waals surface area contributed by atoms with Crippen LogP contribution in [0, 0.1) is 11.3 Å². The van der Waals surface area contributed by atoms with Crippen LogP contribution in [0.2, 0.25) is 0 Å². The Balaban J connectivity index is 1.27. The van der Waals surface area contributed by atoms with Gasteiger partial charge < -0.3 is 23.9 Å². The quantitative estimate of drug-likeness (QED) is 0.256. The van der Waals surface area contributed by atoms with Crippen molar-refractivity contribution in [3.05, 3.63) is 102 Å². The third-order valence-electron chi connectivity index (χ3n) is 10.8. The van der Waals surface area contributed by atoms with Gasteiger partial charge in [0, 0.05) is 44.0 Å². The number of allylic oxidation sites excluding steroid dienone is 4. The van der Waals surface area contributed by atoms with Crippen LogP contribution in [0.1, 0.15) is 43.5 Å². The van der Waals surface area contributed by atoms with Crippen molar-refractivity contribution in [2.75, 3.05) is 27.4 Å². The van der Waals surface area contributed by atoms with Crippen LogP contribution in [0.15, 0.2) is 74.1 Å². The Kier molecular flexibility index (Phi) is 8.44. The van der Waals surface area contributed by atoms with E-state index in [9.17, 15) is 29.1 Å². The molecule has 2 aromatic heterocycles. The van der Waals surface area contributed by atoms with Gasteiger partial charge >= 0.3 is 11.4 Å². The van der Waals surface area contributed by atoms with Gasteiger partial charge in [-0.3, -0.25) is 14.4 Å². The molecule has 2 aliphatic carbocycles. The topological polar surface area (TPSA) is 166 Å². The van der Waals surface area contributed by atoms with Gasteiger partial charge in [-0.25, -0.2) is 28.5 Å². The SMILES string of the molecule is COc1cc2nc(CCn3c(=O)n4n(c3=O)[C@@H]3C[C@H]5C(=O)C=C(C)C(=O)[C@@]5(C)[C@@H](c5ccc(OCCO)cc5)C3=CC4)c(=O)n(C)c2cc1OC. The van der Waals surface area contributed by atoms with Crippen molar-refractivity contribution in [2.24, 2.45) is 18.4 Å². The Morgan fingerprint density at radius 2 is 1.71 bits per heavy atom. The van der Waals surface area contributed by atoms with E-state index in [2.05, 4.69) is 4.98 Å². The molecule has 2 aromatic carbocycles. The van der Waals surface area contributed by atoms with E-state index in [-0.39, 0.29) is 62.0 Å². The van der Waals surface area contributed by atoms with Crippen LogP contribution in [0.4, 0.5) is 0 Å². The lowest BCUT2D eigenvalue weighted by Gasteiger charge is -2.52. The number of carbonyl (C=O) groups is 2. The summed E-state index contributed by atoms with van der Waals surface area (Å²) in [5.41, 5.74) is 0.493. The third-order valence-corrected chi connectivity index (χ3v) is 10.8. The highest BCUT2D eigenvalue weighted by Crippen LogP contribution is 2.59. The molecular formula is C37H39N5O9. The molecule has 4 atom stereocenters. The first-order chi connectivity index (χ1) is 24.4. The molecule has 1 saturated carbocycles. The minimum Gasteiger partial charge on any atom is -0.493 e. The molecule has 0 radical (unpaired) electrons. The number of fused-ring (bicyclic) bond motifs is 5. The highest BCUT2D eigenvalue weighted by atomic mass is 16.5. The standard InChI is InChI=1S/C37H39N5O9/c1-20-16-29(44)24-17-27-23(32(37(24,2)33(20)45)21-6-8-22(9-7-21)51-15-14-43)10-13-41-35(47)40(36(48)42(27)41)12-11-25-34(46)39(3)28-19-31(50-5)30(49-4)18-26(28)38-25/h6-10,16,18-19,24,27,32,43H,11-15,17H2,1-5H3/t24-,27+,32-,37+/m0/s1. The zero-order valence-electron chi connectivity index (χ0n) is 29.0. The fourth-order valence-electron chi connectivity index (χ4n) is 8.29. The molecule has 266 valence electrons. The molecular weight excluding hydrogens is 658 g/mol. The van der Waals surface area contributed by atoms with Crippen molar-refractivity contribution in [3.8, 4) is 17.2 Å². The first kappa shape index (κ1) is 34.0. The molecule has 0 amide bonds. The monoisotopic (exact) mass is 697 g/mol. The molecule has 0 unspecified atom stereocenters. The molecule has 1 aliphatic heterocycles. The highest BCUT2D eigenvalue weighted by Gasteiger charge is 2.59. The molecule has 14 nitrogen and oxygen atoms in total. The predicted molar refractivity (Wildman–Crippen MR) is 186 cm³/mol. The Bertz CT molecular complexity index is 2340. The third kappa shape index (κ3) is 5.19. The van der Waals surface area contributed by atoms with Crippen molar-refractivity contribution in [3.63, 3.8) is 0 Å². The molecule has 0 spiro atoms. The van der Waals surface area contributed by atoms with Gasteiger partial charge in [0.2, 0.25) is 0 Å². The average molecular weight is 698 g/mol. The van der Waals surface area contributed by atoms with Gasteiger partial charge in [-0.05, 0) is 48.3 Å². The van der Waals surface area contributed by atoms with Crippen LogP contribution in [-0.4, -0.2) is 67.6 Å². The van der Waals surface area contributed by atoms with Crippen LogP contribution in [0.25, 0.3) is 11.0 Å². The maximum absolute atomic E-state index is 14.2. The maximum atomic E-state index is 14.2. The summed E-state index contributed by atoms with van der Waals surface area (Å²) >= 11 is 0. The van der Waals surface area contributed by atoms with Crippen molar-refractivity contribution in [1.29, 1.82) is 0 Å². The summed E-state index contributed by atoms with van der Waals surface area (Å²) < 4.78 is 21.7. The van der Waals surface area contributed by atoms with E-state index in [4.69, 9.17) is 14.2 Å². The fraction of sp³-hybridized carbons (Fsp3) is 0.405. The fourth-order valence-corrected chi connectivity index (χ4v) is 8.29. The van der Waals surface area contributed by atoms with E-state index in [1.165, 1.54) is 34.2 Å². The van der Waals surface area contributed by atoms with E-state index in [1.807, 2.05) is 25.1 Å². The van der Waals surface area contributed by atoms with Crippen molar-refractivity contribution >= 4 is 22.6 Å². The zero-order valence-corrected chi connectivity index (χ0v) is 29.0. The second kappa shape index (κ2) is 12.7. The lowest BCUT2D eigenvalue weighted by Crippen LogP contribution is -2.54. The summed E-state index contributed by atoms with van der Waals surface area (Å²) in [6, 6.07) is 9.85. The number of ketones is 2. The number of Topliss-reactive ketones (excluding diaryl/α,β-unsaturated/α-hetero) is 1. The number of nitrogens with zero attached hydrogens (tertiary/aromatic N) is 5. The van der Waals surface area contributed by atoms with Crippen molar-refractivity contribution in [1.82, 2.24) is 23.5 Å². The van der Waals surface area contributed by atoms with Gasteiger partial charge in [0.05, 0.1) is 49.9 Å². The summed E-state index contributed by atoms with van der Waals surface area (Å²) in [7, 11) is 4.62. The molecule has 1 N–H and O–H groups in total. The van der Waals surface area contributed by atoms with E-state index in [0.29, 0.717) is 33.9 Å².